The van der Waals surface area contributed by atoms with E-state index in [4.69, 9.17) is 5.73 Å². The molecule has 0 amide bonds. The molecule has 0 saturated heterocycles. The Morgan fingerprint density at radius 1 is 1.55 bits per heavy atom. The molecule has 68 valence electrons. The molecule has 0 aromatic heterocycles. The summed E-state index contributed by atoms with van der Waals surface area (Å²) in [6.45, 7) is 8.65. The highest BCUT2D eigenvalue weighted by atomic mass is 16.5. The van der Waals surface area contributed by atoms with E-state index in [0.717, 1.165) is 6.54 Å². The zero-order valence-corrected chi connectivity index (χ0v) is 7.89. The van der Waals surface area contributed by atoms with Crippen LogP contribution in [0.15, 0.2) is 0 Å². The molecular weight excluding hydrogens is 142 g/mol. The first-order valence-electron chi connectivity index (χ1n) is 3.88. The molecule has 3 nitrogen and oxygen atoms in total. The van der Waals surface area contributed by atoms with Crippen LogP contribution in [0.25, 0.3) is 0 Å². The first-order valence-corrected chi connectivity index (χ1v) is 3.88. The Balaban J connectivity index is 0. The molecule has 0 aliphatic rings. The Morgan fingerprint density at radius 2 is 1.91 bits per heavy atom. The third-order valence-corrected chi connectivity index (χ3v) is 0.819. The van der Waals surface area contributed by atoms with E-state index in [1.165, 1.54) is 6.92 Å². The molecule has 0 heterocycles. The molecular formula is C8H19NO2. The van der Waals surface area contributed by atoms with Crippen LogP contribution in [-0.4, -0.2) is 19.1 Å². The second kappa shape index (κ2) is 9.43. The van der Waals surface area contributed by atoms with Crippen LogP contribution in [0.3, 0.4) is 0 Å². The molecule has 0 radical (unpaired) electrons. The number of hydrogen-bond acceptors (Lipinski definition) is 3. The van der Waals surface area contributed by atoms with E-state index in [1.807, 2.05) is 0 Å². The zero-order chi connectivity index (χ0) is 9.28. The van der Waals surface area contributed by atoms with E-state index >= 15 is 0 Å². The second-order valence-corrected chi connectivity index (χ2v) is 2.55. The standard InChI is InChI=1S/C4H11N.C4H8O2/c1-4(2)3-5;1-3-6-4(2)5/h4H,3,5H2,1-2H3;3H2,1-2H3. The monoisotopic (exact) mass is 161 g/mol. The van der Waals surface area contributed by atoms with Gasteiger partial charge in [-0.25, -0.2) is 0 Å². The highest BCUT2D eigenvalue weighted by molar-refractivity contribution is 5.65. The minimum atomic E-state index is -0.211. The summed E-state index contributed by atoms with van der Waals surface area (Å²) in [4.78, 5) is 9.82. The van der Waals surface area contributed by atoms with Gasteiger partial charge in [-0.1, -0.05) is 13.8 Å². The lowest BCUT2D eigenvalue weighted by molar-refractivity contribution is -0.140. The zero-order valence-electron chi connectivity index (χ0n) is 7.89. The van der Waals surface area contributed by atoms with Crippen molar-refractivity contribution in [3.63, 3.8) is 0 Å². The van der Waals surface area contributed by atoms with Gasteiger partial charge in [-0.05, 0) is 19.4 Å². The molecule has 3 heteroatoms. The average molecular weight is 161 g/mol. The van der Waals surface area contributed by atoms with Crippen molar-refractivity contribution < 1.29 is 9.53 Å². The predicted molar refractivity (Wildman–Crippen MR) is 46.2 cm³/mol. The molecule has 0 atom stereocenters. The van der Waals surface area contributed by atoms with E-state index in [1.54, 1.807) is 6.92 Å². The smallest absolute Gasteiger partial charge is 0.302 e. The fraction of sp³-hybridized carbons (Fsp3) is 0.875. The molecule has 0 spiro atoms. The summed E-state index contributed by atoms with van der Waals surface area (Å²) >= 11 is 0. The molecule has 0 fully saturated rings. The maximum absolute atomic E-state index is 9.82. The van der Waals surface area contributed by atoms with Gasteiger partial charge in [0.05, 0.1) is 6.61 Å². The summed E-state index contributed by atoms with van der Waals surface area (Å²) < 4.78 is 4.40. The molecule has 2 N–H and O–H groups in total. The van der Waals surface area contributed by atoms with Crippen LogP contribution in [0.5, 0.6) is 0 Å². The van der Waals surface area contributed by atoms with E-state index in [0.29, 0.717) is 12.5 Å². The molecule has 0 aliphatic heterocycles. The summed E-state index contributed by atoms with van der Waals surface area (Å²) in [5.41, 5.74) is 5.17. The number of rotatable bonds is 2. The maximum atomic E-state index is 9.82. The van der Waals surface area contributed by atoms with Crippen LogP contribution in [0.2, 0.25) is 0 Å². The number of hydrogen-bond donors (Lipinski definition) is 1. The van der Waals surface area contributed by atoms with Crippen molar-refractivity contribution in [1.29, 1.82) is 0 Å². The lowest BCUT2D eigenvalue weighted by Crippen LogP contribution is -2.05. The third-order valence-electron chi connectivity index (χ3n) is 0.819. The Labute approximate surface area is 68.9 Å². The fourth-order valence-electron chi connectivity index (χ4n) is 0.203. The van der Waals surface area contributed by atoms with Crippen molar-refractivity contribution in [2.45, 2.75) is 27.7 Å². The molecule has 0 aromatic rings. The maximum Gasteiger partial charge on any atom is 0.302 e. The van der Waals surface area contributed by atoms with E-state index in [-0.39, 0.29) is 5.97 Å². The van der Waals surface area contributed by atoms with Gasteiger partial charge in [0.2, 0.25) is 0 Å². The quantitative estimate of drug-likeness (QED) is 0.618. The summed E-state index contributed by atoms with van der Waals surface area (Å²) in [6.07, 6.45) is 0. The minimum Gasteiger partial charge on any atom is -0.466 e. The largest absolute Gasteiger partial charge is 0.466 e. The van der Waals surface area contributed by atoms with Crippen LogP contribution >= 0.6 is 0 Å². The number of esters is 1. The highest BCUT2D eigenvalue weighted by Gasteiger charge is 1.81. The minimum absolute atomic E-state index is 0.211. The Morgan fingerprint density at radius 3 is 1.91 bits per heavy atom. The summed E-state index contributed by atoms with van der Waals surface area (Å²) in [7, 11) is 0. The lowest BCUT2D eigenvalue weighted by Gasteiger charge is -1.91. The molecule has 0 saturated carbocycles. The van der Waals surface area contributed by atoms with Crippen LogP contribution in [-0.2, 0) is 9.53 Å². The van der Waals surface area contributed by atoms with Crippen LogP contribution in [0.4, 0.5) is 0 Å². The van der Waals surface area contributed by atoms with Crippen molar-refractivity contribution in [3.8, 4) is 0 Å². The topological polar surface area (TPSA) is 52.3 Å². The summed E-state index contributed by atoms with van der Waals surface area (Å²) in [5, 5.41) is 0. The fourth-order valence-corrected chi connectivity index (χ4v) is 0.203. The van der Waals surface area contributed by atoms with Gasteiger partial charge in [0, 0.05) is 6.92 Å². The highest BCUT2D eigenvalue weighted by Crippen LogP contribution is 1.81. The summed E-state index contributed by atoms with van der Waals surface area (Å²) in [6, 6.07) is 0. The second-order valence-electron chi connectivity index (χ2n) is 2.55. The molecule has 11 heavy (non-hydrogen) atoms. The van der Waals surface area contributed by atoms with Gasteiger partial charge in [-0.2, -0.15) is 0 Å². The number of nitrogens with two attached hydrogens (primary N) is 1. The van der Waals surface area contributed by atoms with Crippen LogP contribution in [0.1, 0.15) is 27.7 Å². The third kappa shape index (κ3) is 26.5. The normalized spacial score (nSPS) is 8.55. The number of ether oxygens (including phenoxy) is 1. The van der Waals surface area contributed by atoms with Gasteiger partial charge in [-0.15, -0.1) is 0 Å². The SMILES string of the molecule is CC(C)CN.CCOC(C)=O. The molecule has 0 aromatic carbocycles. The lowest BCUT2D eigenvalue weighted by atomic mass is 10.2. The Kier molecular flexibility index (Phi) is 11.2. The predicted octanol–water partition coefficient (Wildman–Crippen LogP) is 1.17. The summed E-state index contributed by atoms with van der Waals surface area (Å²) in [5.74, 6) is 0.451. The molecule has 0 rings (SSSR count). The van der Waals surface area contributed by atoms with Crippen molar-refractivity contribution in [2.24, 2.45) is 11.7 Å². The van der Waals surface area contributed by atoms with Crippen LogP contribution < -0.4 is 5.73 Å². The van der Waals surface area contributed by atoms with Gasteiger partial charge >= 0.3 is 5.97 Å². The average Bonchev–Trinajstić information content (AvgIpc) is 1.89. The van der Waals surface area contributed by atoms with Crippen molar-refractivity contribution in [3.05, 3.63) is 0 Å². The van der Waals surface area contributed by atoms with Crippen LogP contribution in [0, 0.1) is 5.92 Å². The first kappa shape index (κ1) is 13.1. The van der Waals surface area contributed by atoms with Gasteiger partial charge in [0.25, 0.3) is 0 Å². The molecule has 0 aliphatic carbocycles. The Bertz CT molecular complexity index is 92.1. The molecule has 0 unspecified atom stereocenters. The molecule has 0 bridgehead atoms. The van der Waals surface area contributed by atoms with Gasteiger partial charge < -0.3 is 10.5 Å². The van der Waals surface area contributed by atoms with Gasteiger partial charge in [0.1, 0.15) is 0 Å². The Hall–Kier alpha value is -0.570. The van der Waals surface area contributed by atoms with Crippen molar-refractivity contribution in [2.75, 3.05) is 13.2 Å². The van der Waals surface area contributed by atoms with E-state index in [2.05, 4.69) is 18.6 Å². The van der Waals surface area contributed by atoms with Gasteiger partial charge in [0.15, 0.2) is 0 Å². The first-order chi connectivity index (χ1) is 5.04. The van der Waals surface area contributed by atoms with E-state index < -0.39 is 0 Å². The number of carbonyl (C=O) groups excluding carboxylic acids is 1. The van der Waals surface area contributed by atoms with Crippen molar-refractivity contribution in [1.82, 2.24) is 0 Å². The number of carbonyl (C=O) groups is 1. The van der Waals surface area contributed by atoms with E-state index in [9.17, 15) is 4.79 Å². The van der Waals surface area contributed by atoms with Gasteiger partial charge in [-0.3, -0.25) is 4.79 Å². The van der Waals surface area contributed by atoms with Crippen molar-refractivity contribution >= 4 is 5.97 Å².